The van der Waals surface area contributed by atoms with Crippen molar-refractivity contribution >= 4 is 17.3 Å². The molecule has 0 N–H and O–H groups in total. The molecule has 1 aromatic heterocycles. The molecule has 0 amide bonds. The number of hydrogen-bond donors (Lipinski definition) is 0. The predicted molar refractivity (Wildman–Crippen MR) is 39.0 cm³/mol. The minimum atomic E-state index is 0.135. The van der Waals surface area contributed by atoms with Crippen molar-refractivity contribution in [1.29, 1.82) is 0 Å². The molecule has 3 nitrogen and oxygen atoms in total. The molecule has 4 heteroatoms. The summed E-state index contributed by atoms with van der Waals surface area (Å²) < 4.78 is 3.95. The molecule has 0 bridgehead atoms. The van der Waals surface area contributed by atoms with Gasteiger partial charge in [0.2, 0.25) is 0 Å². The number of carbonyl (C=O) groups excluding carboxylic acids is 1. The van der Waals surface area contributed by atoms with Gasteiger partial charge in [0, 0.05) is 0 Å². The van der Waals surface area contributed by atoms with E-state index in [1.54, 1.807) is 6.92 Å². The van der Waals surface area contributed by atoms with Gasteiger partial charge in [0.05, 0.1) is 6.42 Å². The van der Waals surface area contributed by atoms with Crippen LogP contribution in [-0.2, 0) is 11.2 Å². The maximum absolute atomic E-state index is 10.6. The second kappa shape index (κ2) is 2.88. The Labute approximate surface area is 63.3 Å². The number of nitrogens with zero attached hydrogens (tertiary/aromatic N) is 2. The van der Waals surface area contributed by atoms with Gasteiger partial charge in [0.1, 0.15) is 16.6 Å². The van der Waals surface area contributed by atoms with Crippen LogP contribution in [0.2, 0.25) is 0 Å². The molecule has 1 rings (SSSR count). The van der Waals surface area contributed by atoms with E-state index in [2.05, 4.69) is 9.36 Å². The number of carbonyl (C=O) groups is 1. The minimum absolute atomic E-state index is 0.135. The highest BCUT2D eigenvalue weighted by atomic mass is 32.1. The average Bonchev–Trinajstić information content (AvgIpc) is 2.13. The van der Waals surface area contributed by atoms with E-state index in [-0.39, 0.29) is 5.78 Å². The zero-order chi connectivity index (χ0) is 7.56. The van der Waals surface area contributed by atoms with Gasteiger partial charge >= 0.3 is 0 Å². The van der Waals surface area contributed by atoms with Crippen molar-refractivity contribution in [3.05, 3.63) is 10.8 Å². The van der Waals surface area contributed by atoms with Gasteiger partial charge in [0.25, 0.3) is 0 Å². The quantitative estimate of drug-likeness (QED) is 0.641. The van der Waals surface area contributed by atoms with Crippen LogP contribution >= 0.6 is 11.5 Å². The largest absolute Gasteiger partial charge is 0.300 e. The standard InChI is InChI=1S/C6H8N2OS/c1-4(9)3-6-7-5(2)8-10-6/h3H2,1-2H3. The fourth-order valence-electron chi connectivity index (χ4n) is 0.625. The Bertz CT molecular complexity index is 244. The number of ketones is 1. The van der Waals surface area contributed by atoms with Gasteiger partial charge in [0.15, 0.2) is 0 Å². The molecule has 0 fully saturated rings. The summed E-state index contributed by atoms with van der Waals surface area (Å²) in [6, 6.07) is 0. The molecular weight excluding hydrogens is 148 g/mol. The zero-order valence-electron chi connectivity index (χ0n) is 5.92. The molecule has 0 spiro atoms. The molecule has 0 saturated heterocycles. The molecule has 0 radical (unpaired) electrons. The van der Waals surface area contributed by atoms with E-state index in [1.165, 1.54) is 11.5 Å². The van der Waals surface area contributed by atoms with Crippen molar-refractivity contribution in [2.75, 3.05) is 0 Å². The summed E-state index contributed by atoms with van der Waals surface area (Å²) in [5, 5.41) is 0.810. The number of aryl methyl sites for hydroxylation is 1. The van der Waals surface area contributed by atoms with E-state index in [0.717, 1.165) is 10.8 Å². The normalized spacial score (nSPS) is 9.80. The molecule has 1 aromatic rings. The molecule has 54 valence electrons. The first-order chi connectivity index (χ1) is 4.68. The van der Waals surface area contributed by atoms with Gasteiger partial charge < -0.3 is 0 Å². The van der Waals surface area contributed by atoms with Crippen LogP contribution in [0.15, 0.2) is 0 Å². The fourth-order valence-corrected chi connectivity index (χ4v) is 1.34. The summed E-state index contributed by atoms with van der Waals surface area (Å²) >= 11 is 1.30. The lowest BCUT2D eigenvalue weighted by Gasteiger charge is -1.84. The molecule has 0 aliphatic carbocycles. The number of rotatable bonds is 2. The van der Waals surface area contributed by atoms with Gasteiger partial charge in [-0.1, -0.05) is 0 Å². The molecule has 0 unspecified atom stereocenters. The van der Waals surface area contributed by atoms with Gasteiger partial charge in [-0.3, -0.25) is 4.79 Å². The van der Waals surface area contributed by atoms with Crippen LogP contribution in [0.4, 0.5) is 0 Å². The molecular formula is C6H8N2OS. The van der Waals surface area contributed by atoms with E-state index >= 15 is 0 Å². The van der Waals surface area contributed by atoms with Crippen LogP contribution in [-0.4, -0.2) is 15.1 Å². The third-order valence-corrected chi connectivity index (χ3v) is 1.77. The summed E-state index contributed by atoms with van der Waals surface area (Å²) in [5.74, 6) is 0.886. The maximum Gasteiger partial charge on any atom is 0.139 e. The Kier molecular flexibility index (Phi) is 2.11. The Hall–Kier alpha value is -0.770. The van der Waals surface area contributed by atoms with E-state index < -0.39 is 0 Å². The summed E-state index contributed by atoms with van der Waals surface area (Å²) in [6.07, 6.45) is 0.422. The smallest absolute Gasteiger partial charge is 0.139 e. The van der Waals surface area contributed by atoms with Crippen LogP contribution in [0.3, 0.4) is 0 Å². The Morgan fingerprint density at radius 3 is 2.80 bits per heavy atom. The Morgan fingerprint density at radius 2 is 2.40 bits per heavy atom. The Morgan fingerprint density at radius 1 is 1.70 bits per heavy atom. The number of aromatic nitrogens is 2. The van der Waals surface area contributed by atoms with Crippen LogP contribution in [0, 0.1) is 6.92 Å². The molecule has 0 atom stereocenters. The Balaban J connectivity index is 2.67. The molecule has 0 aliphatic rings. The van der Waals surface area contributed by atoms with Crippen LogP contribution in [0.25, 0.3) is 0 Å². The first kappa shape index (κ1) is 7.34. The van der Waals surface area contributed by atoms with Crippen molar-refractivity contribution < 1.29 is 4.79 Å². The monoisotopic (exact) mass is 156 g/mol. The summed E-state index contributed by atoms with van der Waals surface area (Å²) in [6.45, 7) is 3.37. The second-order valence-electron chi connectivity index (χ2n) is 2.11. The summed E-state index contributed by atoms with van der Waals surface area (Å²) in [5.41, 5.74) is 0. The molecule has 10 heavy (non-hydrogen) atoms. The van der Waals surface area contributed by atoms with Crippen LogP contribution < -0.4 is 0 Å². The highest BCUT2D eigenvalue weighted by molar-refractivity contribution is 7.05. The second-order valence-corrected chi connectivity index (χ2v) is 2.95. The molecule has 0 aromatic carbocycles. The van der Waals surface area contributed by atoms with E-state index in [1.807, 2.05) is 6.92 Å². The lowest BCUT2D eigenvalue weighted by atomic mass is 10.3. The fraction of sp³-hybridized carbons (Fsp3) is 0.500. The first-order valence-corrected chi connectivity index (χ1v) is 3.74. The number of hydrogen-bond acceptors (Lipinski definition) is 4. The van der Waals surface area contributed by atoms with Gasteiger partial charge in [-0.15, -0.1) is 0 Å². The molecule has 0 aliphatic heterocycles. The number of Topliss-reactive ketones (excluding diaryl/α,β-unsaturated/α-hetero) is 1. The highest BCUT2D eigenvalue weighted by Crippen LogP contribution is 2.04. The van der Waals surface area contributed by atoms with Gasteiger partial charge in [-0.25, -0.2) is 4.98 Å². The lowest BCUT2D eigenvalue weighted by molar-refractivity contribution is -0.116. The zero-order valence-corrected chi connectivity index (χ0v) is 6.73. The third kappa shape index (κ3) is 1.88. The topological polar surface area (TPSA) is 42.9 Å². The molecule has 1 heterocycles. The van der Waals surface area contributed by atoms with Gasteiger partial charge in [-0.2, -0.15) is 4.37 Å². The third-order valence-electron chi connectivity index (χ3n) is 0.970. The van der Waals surface area contributed by atoms with Crippen molar-refractivity contribution in [2.45, 2.75) is 20.3 Å². The maximum atomic E-state index is 10.6. The van der Waals surface area contributed by atoms with Crippen molar-refractivity contribution in [1.82, 2.24) is 9.36 Å². The van der Waals surface area contributed by atoms with E-state index in [4.69, 9.17) is 0 Å². The van der Waals surface area contributed by atoms with Crippen molar-refractivity contribution in [2.24, 2.45) is 0 Å². The summed E-state index contributed by atoms with van der Waals surface area (Å²) in [4.78, 5) is 14.6. The van der Waals surface area contributed by atoms with Crippen molar-refractivity contribution in [3.8, 4) is 0 Å². The molecule has 0 saturated carbocycles. The predicted octanol–water partition coefficient (Wildman–Crippen LogP) is 0.978. The van der Waals surface area contributed by atoms with Crippen LogP contribution in [0.1, 0.15) is 17.8 Å². The van der Waals surface area contributed by atoms with Crippen molar-refractivity contribution in [3.63, 3.8) is 0 Å². The highest BCUT2D eigenvalue weighted by Gasteiger charge is 2.01. The first-order valence-electron chi connectivity index (χ1n) is 2.97. The van der Waals surface area contributed by atoms with Crippen LogP contribution in [0.5, 0.6) is 0 Å². The van der Waals surface area contributed by atoms with Gasteiger partial charge in [-0.05, 0) is 25.4 Å². The summed E-state index contributed by atoms with van der Waals surface area (Å²) in [7, 11) is 0. The van der Waals surface area contributed by atoms with E-state index in [9.17, 15) is 4.79 Å². The minimum Gasteiger partial charge on any atom is -0.300 e. The lowest BCUT2D eigenvalue weighted by Crippen LogP contribution is -1.94. The van der Waals surface area contributed by atoms with E-state index in [0.29, 0.717) is 6.42 Å². The SMILES string of the molecule is CC(=O)Cc1nc(C)ns1. The average molecular weight is 156 g/mol.